The average molecular weight is 338 g/mol. The van der Waals surface area contributed by atoms with Crippen LogP contribution in [0.1, 0.15) is 11.4 Å². The lowest BCUT2D eigenvalue weighted by molar-refractivity contribution is -0.385. The predicted octanol–water partition coefficient (Wildman–Crippen LogP) is 2.51. The van der Waals surface area contributed by atoms with E-state index >= 15 is 0 Å². The monoisotopic (exact) mass is 337 g/mol. The van der Waals surface area contributed by atoms with Crippen molar-refractivity contribution in [1.29, 1.82) is 0 Å². The molecule has 0 aliphatic carbocycles. The van der Waals surface area contributed by atoms with E-state index in [2.05, 4.69) is 36.2 Å². The fourth-order valence-electron chi connectivity index (χ4n) is 1.63. The van der Waals surface area contributed by atoms with E-state index in [1.165, 1.54) is 6.20 Å². The van der Waals surface area contributed by atoms with Gasteiger partial charge in [-0.15, -0.1) is 0 Å². The third-order valence-corrected chi connectivity index (χ3v) is 3.66. The highest BCUT2D eigenvalue weighted by molar-refractivity contribution is 9.10. The largest absolute Gasteiger partial charge is 0.369 e. The molecule has 0 aromatic carbocycles. The van der Waals surface area contributed by atoms with E-state index in [0.717, 1.165) is 5.82 Å². The van der Waals surface area contributed by atoms with Crippen molar-refractivity contribution in [3.63, 3.8) is 0 Å². The van der Waals surface area contributed by atoms with E-state index in [1.807, 2.05) is 0 Å². The third-order valence-electron chi connectivity index (χ3n) is 2.69. The number of hydrogen-bond donors (Lipinski definition) is 1. The Labute approximate surface area is 123 Å². The van der Waals surface area contributed by atoms with Crippen molar-refractivity contribution in [2.75, 3.05) is 11.9 Å². The molecule has 2 aromatic heterocycles. The van der Waals surface area contributed by atoms with Gasteiger partial charge in [0.1, 0.15) is 17.8 Å². The van der Waals surface area contributed by atoms with E-state index < -0.39 is 4.92 Å². The van der Waals surface area contributed by atoms with Crippen molar-refractivity contribution in [1.82, 2.24) is 15.0 Å². The summed E-state index contributed by atoms with van der Waals surface area (Å²) in [5, 5.41) is 13.9. The molecule has 2 rings (SSSR count). The number of nitro groups is 1. The summed E-state index contributed by atoms with van der Waals surface area (Å²) in [5.41, 5.74) is 0.539. The smallest absolute Gasteiger partial charge is 0.291 e. The lowest BCUT2D eigenvalue weighted by Gasteiger charge is -2.09. The molecule has 0 atom stereocenters. The second-order valence-electron chi connectivity index (χ2n) is 4.03. The molecule has 0 saturated heterocycles. The minimum absolute atomic E-state index is 0.00572. The SMILES string of the molecule is Cc1c([N+](=O)[O-])cnc(NCCc2ncccn2)c1Br. The van der Waals surface area contributed by atoms with Crippen LogP contribution in [0.2, 0.25) is 0 Å². The number of aromatic nitrogens is 3. The molecule has 0 spiro atoms. The van der Waals surface area contributed by atoms with Crippen LogP contribution >= 0.6 is 15.9 Å². The van der Waals surface area contributed by atoms with Gasteiger partial charge >= 0.3 is 0 Å². The highest BCUT2D eigenvalue weighted by atomic mass is 79.9. The highest BCUT2D eigenvalue weighted by Gasteiger charge is 2.16. The van der Waals surface area contributed by atoms with Gasteiger partial charge in [-0.1, -0.05) is 0 Å². The first kappa shape index (κ1) is 14.3. The van der Waals surface area contributed by atoms with Crippen molar-refractivity contribution in [3.05, 3.63) is 50.6 Å². The number of hydrogen-bond acceptors (Lipinski definition) is 6. The molecule has 0 radical (unpaired) electrons. The van der Waals surface area contributed by atoms with Crippen molar-refractivity contribution < 1.29 is 4.92 Å². The second kappa shape index (κ2) is 6.38. The van der Waals surface area contributed by atoms with Crippen molar-refractivity contribution in [2.24, 2.45) is 0 Å². The normalized spacial score (nSPS) is 10.3. The summed E-state index contributed by atoms with van der Waals surface area (Å²) in [7, 11) is 0. The Hall–Kier alpha value is -2.09. The summed E-state index contributed by atoms with van der Waals surface area (Å²) in [4.78, 5) is 22.6. The van der Waals surface area contributed by atoms with E-state index in [0.29, 0.717) is 28.8 Å². The van der Waals surface area contributed by atoms with Crippen LogP contribution in [0, 0.1) is 17.0 Å². The molecule has 2 aromatic rings. The maximum atomic E-state index is 10.8. The lowest BCUT2D eigenvalue weighted by Crippen LogP contribution is -2.09. The molecular weight excluding hydrogens is 326 g/mol. The number of nitrogens with zero attached hydrogens (tertiary/aromatic N) is 4. The van der Waals surface area contributed by atoms with Gasteiger partial charge in [-0.25, -0.2) is 15.0 Å². The summed E-state index contributed by atoms with van der Waals surface area (Å²) < 4.78 is 0.598. The van der Waals surface area contributed by atoms with Gasteiger partial charge in [0.15, 0.2) is 0 Å². The van der Waals surface area contributed by atoms with Crippen LogP contribution in [0.5, 0.6) is 0 Å². The first-order valence-corrected chi connectivity index (χ1v) is 6.68. The maximum absolute atomic E-state index is 10.8. The Kier molecular flexibility index (Phi) is 4.57. The maximum Gasteiger partial charge on any atom is 0.291 e. The molecule has 20 heavy (non-hydrogen) atoms. The Morgan fingerprint density at radius 3 is 2.70 bits per heavy atom. The standard InChI is InChI=1S/C12H12BrN5O2/c1-8-9(18(19)20)7-17-12(11(8)13)16-6-3-10-14-4-2-5-15-10/h2,4-5,7H,3,6H2,1H3,(H,16,17). The molecule has 1 N–H and O–H groups in total. The molecule has 0 unspecified atom stereocenters. The number of anilines is 1. The zero-order chi connectivity index (χ0) is 14.5. The summed E-state index contributed by atoms with van der Waals surface area (Å²) in [6, 6.07) is 1.76. The predicted molar refractivity (Wildman–Crippen MR) is 77.6 cm³/mol. The van der Waals surface area contributed by atoms with Gasteiger partial charge in [-0.3, -0.25) is 10.1 Å². The van der Waals surface area contributed by atoms with Crippen LogP contribution in [-0.4, -0.2) is 26.4 Å². The lowest BCUT2D eigenvalue weighted by atomic mass is 10.2. The topological polar surface area (TPSA) is 93.8 Å². The molecule has 0 amide bonds. The number of pyridine rings is 1. The molecule has 0 aliphatic heterocycles. The molecule has 0 bridgehead atoms. The fourth-order valence-corrected chi connectivity index (χ4v) is 2.07. The van der Waals surface area contributed by atoms with Crippen molar-refractivity contribution in [3.8, 4) is 0 Å². The molecule has 0 aliphatic rings. The molecule has 8 heteroatoms. The van der Waals surface area contributed by atoms with E-state index in [4.69, 9.17) is 0 Å². The molecule has 7 nitrogen and oxygen atoms in total. The molecule has 104 valence electrons. The van der Waals surface area contributed by atoms with E-state index in [9.17, 15) is 10.1 Å². The van der Waals surface area contributed by atoms with Gasteiger partial charge in [0.05, 0.1) is 9.40 Å². The summed E-state index contributed by atoms with van der Waals surface area (Å²) in [6.07, 6.45) is 5.27. The Balaban J connectivity index is 2.04. The summed E-state index contributed by atoms with van der Waals surface area (Å²) in [5.74, 6) is 1.30. The average Bonchev–Trinajstić information content (AvgIpc) is 2.44. The van der Waals surface area contributed by atoms with Crippen LogP contribution in [0.3, 0.4) is 0 Å². The van der Waals surface area contributed by atoms with Gasteiger partial charge in [0, 0.05) is 30.9 Å². The van der Waals surface area contributed by atoms with Gasteiger partial charge in [-0.05, 0) is 28.9 Å². The minimum atomic E-state index is -0.450. The highest BCUT2D eigenvalue weighted by Crippen LogP contribution is 2.30. The fraction of sp³-hybridized carbons (Fsp3) is 0.250. The summed E-state index contributed by atoms with van der Waals surface area (Å²) in [6.45, 7) is 2.27. The Morgan fingerprint density at radius 1 is 1.35 bits per heavy atom. The first-order valence-electron chi connectivity index (χ1n) is 5.89. The summed E-state index contributed by atoms with van der Waals surface area (Å²) >= 11 is 3.33. The van der Waals surface area contributed by atoms with Crippen molar-refractivity contribution >= 4 is 27.4 Å². The van der Waals surface area contributed by atoms with Crippen molar-refractivity contribution in [2.45, 2.75) is 13.3 Å². The minimum Gasteiger partial charge on any atom is -0.369 e. The van der Waals surface area contributed by atoms with Crippen LogP contribution in [0.15, 0.2) is 29.1 Å². The quantitative estimate of drug-likeness (QED) is 0.665. The molecule has 2 heterocycles. The van der Waals surface area contributed by atoms with E-state index in [-0.39, 0.29) is 5.69 Å². The van der Waals surface area contributed by atoms with E-state index in [1.54, 1.807) is 25.4 Å². The van der Waals surface area contributed by atoms with Crippen LogP contribution in [0.25, 0.3) is 0 Å². The van der Waals surface area contributed by atoms with Gasteiger partial charge in [0.25, 0.3) is 5.69 Å². The van der Waals surface area contributed by atoms with Gasteiger partial charge < -0.3 is 5.32 Å². The Morgan fingerprint density at radius 2 is 2.05 bits per heavy atom. The van der Waals surface area contributed by atoms with Crippen LogP contribution in [0.4, 0.5) is 11.5 Å². The number of rotatable bonds is 5. The molecular formula is C12H12BrN5O2. The molecule has 0 fully saturated rings. The van der Waals surface area contributed by atoms with Crippen LogP contribution in [-0.2, 0) is 6.42 Å². The first-order chi connectivity index (χ1) is 9.59. The third kappa shape index (κ3) is 3.27. The van der Waals surface area contributed by atoms with Crippen LogP contribution < -0.4 is 5.32 Å². The number of nitrogens with one attached hydrogen (secondary N) is 1. The zero-order valence-corrected chi connectivity index (χ0v) is 12.3. The Bertz CT molecular complexity index is 621. The zero-order valence-electron chi connectivity index (χ0n) is 10.7. The molecule has 0 saturated carbocycles. The van der Waals surface area contributed by atoms with Gasteiger partial charge in [0.2, 0.25) is 0 Å². The van der Waals surface area contributed by atoms with Gasteiger partial charge in [-0.2, -0.15) is 0 Å². The number of halogens is 1. The second-order valence-corrected chi connectivity index (χ2v) is 4.82.